The van der Waals surface area contributed by atoms with Crippen LogP contribution in [0.5, 0.6) is 0 Å². The molecule has 0 saturated carbocycles. The van der Waals surface area contributed by atoms with Crippen molar-refractivity contribution in [1.82, 2.24) is 9.55 Å². The molecule has 2 N–H and O–H groups in total. The number of rotatable bonds is 3. The van der Waals surface area contributed by atoms with Crippen molar-refractivity contribution in [3.63, 3.8) is 0 Å². The van der Waals surface area contributed by atoms with E-state index in [1.165, 1.54) is 18.3 Å². The number of carboxylic acids is 2. The lowest BCUT2D eigenvalue weighted by Crippen LogP contribution is -2.03. The van der Waals surface area contributed by atoms with Gasteiger partial charge >= 0.3 is 11.9 Å². The molecule has 0 aliphatic rings. The Hall–Kier alpha value is -2.63. The van der Waals surface area contributed by atoms with Crippen LogP contribution in [0.3, 0.4) is 0 Å². The highest BCUT2D eigenvalue weighted by molar-refractivity contribution is 5.96. The summed E-state index contributed by atoms with van der Waals surface area (Å²) in [5.41, 5.74) is 0.963. The van der Waals surface area contributed by atoms with Gasteiger partial charge in [-0.3, -0.25) is 0 Å². The largest absolute Gasteiger partial charge is 0.478 e. The number of carbonyl (C=O) groups is 2. The summed E-state index contributed by atoms with van der Waals surface area (Å²) in [4.78, 5) is 25.6. The highest BCUT2D eigenvalue weighted by Gasteiger charge is 2.16. The van der Waals surface area contributed by atoms with Gasteiger partial charge < -0.3 is 14.8 Å². The van der Waals surface area contributed by atoms with Crippen LogP contribution in [-0.4, -0.2) is 31.7 Å². The maximum absolute atomic E-state index is 11.1. The number of carboxylic acid groups (broad SMARTS) is 2. The third kappa shape index (κ3) is 1.95. The molecule has 2 aromatic rings. The fourth-order valence-electron chi connectivity index (χ4n) is 1.76. The summed E-state index contributed by atoms with van der Waals surface area (Å²) in [6.07, 6.45) is 2.96. The maximum atomic E-state index is 11.1. The summed E-state index contributed by atoms with van der Waals surface area (Å²) in [7, 11) is 1.70. The molecule has 0 aliphatic heterocycles. The molecule has 6 heteroatoms. The van der Waals surface area contributed by atoms with Crippen LogP contribution < -0.4 is 0 Å². The Labute approximate surface area is 102 Å². The summed E-state index contributed by atoms with van der Waals surface area (Å²) in [5.74, 6) is -2.21. The predicted octanol–water partition coefficient (Wildman–Crippen LogP) is 1.48. The molecule has 0 saturated heterocycles. The molecule has 0 fully saturated rings. The molecule has 0 radical (unpaired) electrons. The number of pyridine rings is 1. The van der Waals surface area contributed by atoms with Gasteiger partial charge in [0.05, 0.1) is 11.3 Å². The molecule has 6 nitrogen and oxygen atoms in total. The number of hydrogen-bond donors (Lipinski definition) is 2. The molecule has 2 rings (SSSR count). The summed E-state index contributed by atoms with van der Waals surface area (Å²) in [6.45, 7) is 0. The first kappa shape index (κ1) is 11.8. The van der Waals surface area contributed by atoms with Crippen LogP contribution in [0.25, 0.3) is 11.3 Å². The smallest absolute Gasteiger partial charge is 0.354 e. The summed E-state index contributed by atoms with van der Waals surface area (Å²) in [6, 6.07) is 4.40. The van der Waals surface area contributed by atoms with Crippen LogP contribution in [0.2, 0.25) is 0 Å². The molecule has 0 aliphatic carbocycles. The van der Waals surface area contributed by atoms with E-state index in [1.807, 2.05) is 0 Å². The van der Waals surface area contributed by atoms with Crippen LogP contribution in [0.4, 0.5) is 0 Å². The second-order valence-corrected chi connectivity index (χ2v) is 3.73. The molecule has 18 heavy (non-hydrogen) atoms. The van der Waals surface area contributed by atoms with Crippen LogP contribution in [0.15, 0.2) is 30.6 Å². The third-order valence-corrected chi connectivity index (χ3v) is 2.56. The first-order valence-corrected chi connectivity index (χ1v) is 5.09. The predicted molar refractivity (Wildman–Crippen MR) is 62.6 cm³/mol. The van der Waals surface area contributed by atoms with Gasteiger partial charge in [-0.1, -0.05) is 0 Å². The fraction of sp³-hybridized carbons (Fsp3) is 0.0833. The topological polar surface area (TPSA) is 92.4 Å². The van der Waals surface area contributed by atoms with E-state index in [0.29, 0.717) is 11.3 Å². The number of nitrogens with zero attached hydrogens (tertiary/aromatic N) is 2. The van der Waals surface area contributed by atoms with Gasteiger partial charge in [-0.15, -0.1) is 0 Å². The molecule has 2 heterocycles. The van der Waals surface area contributed by atoms with Crippen molar-refractivity contribution in [2.45, 2.75) is 0 Å². The molecule has 0 bridgehead atoms. The Balaban J connectivity index is 2.61. The molecule has 0 aromatic carbocycles. The quantitative estimate of drug-likeness (QED) is 0.855. The number of aromatic nitrogens is 2. The Morgan fingerprint density at radius 2 is 1.94 bits per heavy atom. The Morgan fingerprint density at radius 1 is 1.22 bits per heavy atom. The highest BCUT2D eigenvalue weighted by Crippen LogP contribution is 2.24. The van der Waals surface area contributed by atoms with Crippen molar-refractivity contribution in [2.24, 2.45) is 7.05 Å². The number of aromatic carboxylic acids is 2. The molecular formula is C12H10N2O4. The van der Waals surface area contributed by atoms with Crippen molar-refractivity contribution < 1.29 is 19.8 Å². The minimum Gasteiger partial charge on any atom is -0.478 e. The maximum Gasteiger partial charge on any atom is 0.354 e. The number of hydrogen-bond acceptors (Lipinski definition) is 3. The van der Waals surface area contributed by atoms with E-state index in [2.05, 4.69) is 4.98 Å². The van der Waals surface area contributed by atoms with Crippen molar-refractivity contribution in [1.29, 1.82) is 0 Å². The van der Waals surface area contributed by atoms with Crippen LogP contribution >= 0.6 is 0 Å². The van der Waals surface area contributed by atoms with E-state index >= 15 is 0 Å². The monoisotopic (exact) mass is 246 g/mol. The summed E-state index contributed by atoms with van der Waals surface area (Å²) < 4.78 is 1.63. The van der Waals surface area contributed by atoms with Crippen LogP contribution in [0.1, 0.15) is 20.8 Å². The molecule has 0 unspecified atom stereocenters. The van der Waals surface area contributed by atoms with E-state index in [9.17, 15) is 9.59 Å². The van der Waals surface area contributed by atoms with E-state index in [-0.39, 0.29) is 11.3 Å². The average Bonchev–Trinajstić information content (AvgIpc) is 2.71. The Kier molecular flexibility index (Phi) is 2.85. The average molecular weight is 246 g/mol. The third-order valence-electron chi connectivity index (χ3n) is 2.56. The number of aryl methyl sites for hydroxylation is 1. The standard InChI is InChI=1S/C12H10N2O4/c1-14-5-3-8(11(15)16)10(14)7-2-4-13-9(6-7)12(17)18/h2-6H,1H3,(H,15,16)(H,17,18). The van der Waals surface area contributed by atoms with E-state index in [4.69, 9.17) is 10.2 Å². The molecule has 0 atom stereocenters. The lowest BCUT2D eigenvalue weighted by Gasteiger charge is -2.06. The van der Waals surface area contributed by atoms with E-state index in [1.54, 1.807) is 23.9 Å². The minimum absolute atomic E-state index is 0.120. The van der Waals surface area contributed by atoms with Gasteiger partial charge in [0, 0.05) is 25.0 Å². The van der Waals surface area contributed by atoms with Crippen LogP contribution in [-0.2, 0) is 7.05 Å². The lowest BCUT2D eigenvalue weighted by atomic mass is 10.1. The molecule has 92 valence electrons. The Bertz CT molecular complexity index is 631. The molecule has 2 aromatic heterocycles. The van der Waals surface area contributed by atoms with Crippen molar-refractivity contribution in [2.75, 3.05) is 0 Å². The van der Waals surface area contributed by atoms with Gasteiger partial charge in [0.1, 0.15) is 5.69 Å². The summed E-state index contributed by atoms with van der Waals surface area (Å²) >= 11 is 0. The van der Waals surface area contributed by atoms with Gasteiger partial charge in [0.2, 0.25) is 0 Å². The van der Waals surface area contributed by atoms with Gasteiger partial charge in [-0.2, -0.15) is 0 Å². The van der Waals surface area contributed by atoms with Crippen LogP contribution in [0, 0.1) is 0 Å². The lowest BCUT2D eigenvalue weighted by molar-refractivity contribution is 0.0683. The zero-order valence-corrected chi connectivity index (χ0v) is 9.49. The first-order chi connectivity index (χ1) is 8.50. The zero-order valence-electron chi connectivity index (χ0n) is 9.49. The second-order valence-electron chi connectivity index (χ2n) is 3.73. The molecule has 0 amide bonds. The van der Waals surface area contributed by atoms with E-state index in [0.717, 1.165) is 0 Å². The molecule has 0 spiro atoms. The second kappa shape index (κ2) is 4.33. The SMILES string of the molecule is Cn1ccc(C(=O)O)c1-c1ccnc(C(=O)O)c1. The zero-order chi connectivity index (χ0) is 13.3. The van der Waals surface area contributed by atoms with Crippen molar-refractivity contribution in [3.8, 4) is 11.3 Å². The fourth-order valence-corrected chi connectivity index (χ4v) is 1.76. The normalized spacial score (nSPS) is 10.3. The van der Waals surface area contributed by atoms with Gasteiger partial charge in [-0.25, -0.2) is 14.6 Å². The van der Waals surface area contributed by atoms with Gasteiger partial charge in [0.15, 0.2) is 0 Å². The van der Waals surface area contributed by atoms with Crippen molar-refractivity contribution in [3.05, 3.63) is 41.9 Å². The Morgan fingerprint density at radius 3 is 2.56 bits per heavy atom. The minimum atomic E-state index is -1.15. The van der Waals surface area contributed by atoms with E-state index < -0.39 is 11.9 Å². The molecular weight excluding hydrogens is 236 g/mol. The first-order valence-electron chi connectivity index (χ1n) is 5.09. The van der Waals surface area contributed by atoms with Gasteiger partial charge in [0.25, 0.3) is 0 Å². The van der Waals surface area contributed by atoms with Gasteiger partial charge in [-0.05, 0) is 18.2 Å². The highest BCUT2D eigenvalue weighted by atomic mass is 16.4. The summed E-state index contributed by atoms with van der Waals surface area (Å²) in [5, 5.41) is 17.9. The van der Waals surface area contributed by atoms with Crippen molar-refractivity contribution >= 4 is 11.9 Å².